The molecule has 166 valence electrons. The van der Waals surface area contributed by atoms with Crippen molar-refractivity contribution in [3.63, 3.8) is 0 Å². The smallest absolute Gasteiger partial charge is 0.282 e. The number of carbonyl (C=O) groups excluding carboxylic acids is 3. The molecule has 0 radical (unpaired) electrons. The van der Waals surface area contributed by atoms with Crippen LogP contribution < -0.4 is 15.1 Å². The molecule has 0 aromatic heterocycles. The Bertz CT molecular complexity index is 1280. The van der Waals surface area contributed by atoms with Gasteiger partial charge in [-0.25, -0.2) is 4.90 Å². The highest BCUT2D eigenvalue weighted by atomic mass is 16.2. The van der Waals surface area contributed by atoms with Crippen molar-refractivity contribution in [3.8, 4) is 0 Å². The number of benzene rings is 3. The van der Waals surface area contributed by atoms with Gasteiger partial charge in [-0.3, -0.25) is 14.4 Å². The van der Waals surface area contributed by atoms with Crippen molar-refractivity contribution in [2.24, 2.45) is 0 Å². The fraction of sp³-hybridized carbons (Fsp3) is 0.148. The molecule has 3 amide bonds. The van der Waals surface area contributed by atoms with Crippen molar-refractivity contribution < 1.29 is 14.4 Å². The van der Waals surface area contributed by atoms with Gasteiger partial charge >= 0.3 is 0 Å². The molecule has 1 aliphatic heterocycles. The van der Waals surface area contributed by atoms with Crippen molar-refractivity contribution in [1.82, 2.24) is 0 Å². The second-order valence-corrected chi connectivity index (χ2v) is 8.09. The van der Waals surface area contributed by atoms with Gasteiger partial charge in [0.05, 0.1) is 11.3 Å². The number of carbonyl (C=O) groups is 3. The van der Waals surface area contributed by atoms with Crippen LogP contribution in [0.15, 0.2) is 78.5 Å². The first-order valence-corrected chi connectivity index (χ1v) is 10.6. The van der Waals surface area contributed by atoms with Gasteiger partial charge in [0.1, 0.15) is 5.70 Å². The van der Waals surface area contributed by atoms with Crippen LogP contribution in [0, 0.1) is 13.8 Å². The molecule has 0 atom stereocenters. The van der Waals surface area contributed by atoms with Crippen LogP contribution in [-0.2, 0) is 14.4 Å². The summed E-state index contributed by atoms with van der Waals surface area (Å²) >= 11 is 0. The predicted molar refractivity (Wildman–Crippen MR) is 131 cm³/mol. The van der Waals surface area contributed by atoms with E-state index < -0.39 is 0 Å². The Kier molecular flexibility index (Phi) is 5.84. The summed E-state index contributed by atoms with van der Waals surface area (Å²) in [5.41, 5.74) is 5.26. The lowest BCUT2D eigenvalue weighted by atomic mass is 10.0. The Morgan fingerprint density at radius 3 is 2.12 bits per heavy atom. The van der Waals surface area contributed by atoms with Crippen LogP contribution >= 0.6 is 0 Å². The minimum absolute atomic E-state index is 0.181. The number of hydrogen-bond acceptors (Lipinski definition) is 4. The summed E-state index contributed by atoms with van der Waals surface area (Å²) in [6.07, 6.45) is 0. The van der Waals surface area contributed by atoms with Crippen molar-refractivity contribution >= 4 is 40.4 Å². The molecule has 0 bridgehead atoms. The summed E-state index contributed by atoms with van der Waals surface area (Å²) in [5.74, 6) is -0.941. The topological polar surface area (TPSA) is 69.7 Å². The second kappa shape index (κ2) is 8.74. The van der Waals surface area contributed by atoms with Crippen molar-refractivity contribution in [3.05, 3.63) is 95.2 Å². The molecule has 0 spiro atoms. The summed E-state index contributed by atoms with van der Waals surface area (Å²) in [7, 11) is 1.78. The number of rotatable bonds is 5. The largest absolute Gasteiger partial charge is 0.339 e. The third kappa shape index (κ3) is 4.15. The number of imide groups is 1. The number of para-hydroxylation sites is 1. The maximum absolute atomic E-state index is 13.7. The lowest BCUT2D eigenvalue weighted by molar-refractivity contribution is -0.120. The monoisotopic (exact) mass is 439 g/mol. The van der Waals surface area contributed by atoms with Crippen LogP contribution in [0.3, 0.4) is 0 Å². The Balaban J connectivity index is 1.84. The van der Waals surface area contributed by atoms with E-state index >= 15 is 0 Å². The van der Waals surface area contributed by atoms with Crippen molar-refractivity contribution in [2.75, 3.05) is 22.2 Å². The van der Waals surface area contributed by atoms with E-state index in [0.29, 0.717) is 28.2 Å². The SMILES string of the molecule is CC(=O)Nc1ccc(C2=C(N(C)c3ccccc3)C(=O)N(c3ccc(C)c(C)c3)C2=O)cc1. The Hall–Kier alpha value is -4.19. The van der Waals surface area contributed by atoms with Gasteiger partial charge in [0.25, 0.3) is 11.8 Å². The van der Waals surface area contributed by atoms with Crippen molar-refractivity contribution in [2.45, 2.75) is 20.8 Å². The highest BCUT2D eigenvalue weighted by Crippen LogP contribution is 2.36. The molecule has 1 aliphatic rings. The number of anilines is 3. The highest BCUT2D eigenvalue weighted by molar-refractivity contribution is 6.46. The molecule has 0 unspecified atom stereocenters. The lowest BCUT2D eigenvalue weighted by Crippen LogP contribution is -2.34. The Morgan fingerprint density at radius 2 is 1.52 bits per heavy atom. The molecular weight excluding hydrogens is 414 g/mol. The zero-order valence-corrected chi connectivity index (χ0v) is 19.0. The molecule has 0 fully saturated rings. The van der Waals surface area contributed by atoms with Gasteiger partial charge in [0.15, 0.2) is 0 Å². The van der Waals surface area contributed by atoms with Crippen LogP contribution in [0.5, 0.6) is 0 Å². The average Bonchev–Trinajstić information content (AvgIpc) is 3.06. The quantitative estimate of drug-likeness (QED) is 0.586. The van der Waals surface area contributed by atoms with E-state index in [0.717, 1.165) is 16.8 Å². The molecule has 0 saturated carbocycles. The third-order valence-electron chi connectivity index (χ3n) is 5.78. The third-order valence-corrected chi connectivity index (χ3v) is 5.78. The maximum Gasteiger partial charge on any atom is 0.282 e. The van der Waals surface area contributed by atoms with E-state index in [4.69, 9.17) is 0 Å². The lowest BCUT2D eigenvalue weighted by Gasteiger charge is -2.22. The van der Waals surface area contributed by atoms with E-state index in [-0.39, 0.29) is 17.7 Å². The first-order chi connectivity index (χ1) is 15.8. The average molecular weight is 440 g/mol. The van der Waals surface area contributed by atoms with Crippen LogP contribution in [0.4, 0.5) is 17.1 Å². The summed E-state index contributed by atoms with van der Waals surface area (Å²) < 4.78 is 0. The number of likely N-dealkylation sites (N-methyl/N-ethyl adjacent to an activating group) is 1. The number of amides is 3. The zero-order chi connectivity index (χ0) is 23.7. The van der Waals surface area contributed by atoms with Gasteiger partial charge < -0.3 is 10.2 Å². The Labute approximate surface area is 193 Å². The van der Waals surface area contributed by atoms with E-state index in [1.165, 1.54) is 11.8 Å². The zero-order valence-electron chi connectivity index (χ0n) is 19.0. The van der Waals surface area contributed by atoms with Gasteiger partial charge in [0.2, 0.25) is 5.91 Å². The summed E-state index contributed by atoms with van der Waals surface area (Å²) in [6.45, 7) is 5.38. The molecule has 0 saturated heterocycles. The number of nitrogens with zero attached hydrogens (tertiary/aromatic N) is 2. The van der Waals surface area contributed by atoms with E-state index in [2.05, 4.69) is 5.32 Å². The molecule has 3 aromatic carbocycles. The molecule has 6 heteroatoms. The highest BCUT2D eigenvalue weighted by Gasteiger charge is 2.42. The van der Waals surface area contributed by atoms with E-state index in [9.17, 15) is 14.4 Å². The molecule has 1 N–H and O–H groups in total. The summed E-state index contributed by atoms with van der Waals surface area (Å²) in [5, 5.41) is 2.72. The van der Waals surface area contributed by atoms with Crippen LogP contribution in [0.25, 0.3) is 5.57 Å². The van der Waals surface area contributed by atoms with Crippen LogP contribution in [0.2, 0.25) is 0 Å². The van der Waals surface area contributed by atoms with Gasteiger partial charge in [-0.15, -0.1) is 0 Å². The fourth-order valence-electron chi connectivity index (χ4n) is 3.89. The minimum atomic E-state index is -0.381. The van der Waals surface area contributed by atoms with E-state index in [1.807, 2.05) is 56.3 Å². The first kappa shape index (κ1) is 22.0. The standard InChI is InChI=1S/C27H25N3O3/c1-17-10-15-23(16-18(17)2)30-26(32)24(20-11-13-21(14-12-20)28-19(3)31)25(27(30)33)29(4)22-8-6-5-7-9-22/h5-16H,1-4H3,(H,28,31). The maximum atomic E-state index is 13.7. The van der Waals surface area contributed by atoms with Crippen molar-refractivity contribution in [1.29, 1.82) is 0 Å². The molecule has 0 aliphatic carbocycles. The second-order valence-electron chi connectivity index (χ2n) is 8.09. The van der Waals surface area contributed by atoms with Gasteiger partial charge in [-0.1, -0.05) is 36.4 Å². The van der Waals surface area contributed by atoms with Gasteiger partial charge in [0, 0.05) is 25.3 Å². The molecule has 1 heterocycles. The first-order valence-electron chi connectivity index (χ1n) is 10.6. The Morgan fingerprint density at radius 1 is 0.848 bits per heavy atom. The summed E-state index contributed by atoms with van der Waals surface area (Å²) in [6, 6.07) is 21.9. The number of nitrogens with one attached hydrogen (secondary N) is 1. The molecule has 33 heavy (non-hydrogen) atoms. The fourth-order valence-corrected chi connectivity index (χ4v) is 3.89. The van der Waals surface area contributed by atoms with E-state index in [1.54, 1.807) is 42.3 Å². The molecular formula is C27H25N3O3. The molecule has 4 rings (SSSR count). The summed E-state index contributed by atoms with van der Waals surface area (Å²) in [4.78, 5) is 41.7. The number of aryl methyl sites for hydroxylation is 2. The van der Waals surface area contributed by atoms with Crippen LogP contribution in [-0.4, -0.2) is 24.8 Å². The number of hydrogen-bond donors (Lipinski definition) is 1. The van der Waals surface area contributed by atoms with Gasteiger partial charge in [-0.05, 0) is 66.9 Å². The predicted octanol–water partition coefficient (Wildman–Crippen LogP) is 4.68. The minimum Gasteiger partial charge on any atom is -0.339 e. The van der Waals surface area contributed by atoms with Crippen LogP contribution in [0.1, 0.15) is 23.6 Å². The normalized spacial score (nSPS) is 13.5. The molecule has 6 nitrogen and oxygen atoms in total. The van der Waals surface area contributed by atoms with Gasteiger partial charge in [-0.2, -0.15) is 0 Å². The molecule has 3 aromatic rings.